The lowest BCUT2D eigenvalue weighted by Gasteiger charge is -2.31. The van der Waals surface area contributed by atoms with Gasteiger partial charge in [0.1, 0.15) is 0 Å². The summed E-state index contributed by atoms with van der Waals surface area (Å²) in [7, 11) is 1.39. The van der Waals surface area contributed by atoms with Crippen molar-refractivity contribution in [2.45, 2.75) is 50.2 Å². The summed E-state index contributed by atoms with van der Waals surface area (Å²) >= 11 is 0. The number of allylic oxidation sites excluding steroid dienone is 1. The minimum atomic E-state index is -0.494. The minimum Gasteiger partial charge on any atom is -0.464 e. The quantitative estimate of drug-likeness (QED) is 0.538. The van der Waals surface area contributed by atoms with Crippen LogP contribution in [0.15, 0.2) is 42.5 Å². The van der Waals surface area contributed by atoms with E-state index in [1.807, 2.05) is 41.1 Å². The van der Waals surface area contributed by atoms with Gasteiger partial charge in [0.25, 0.3) is 0 Å². The Labute approximate surface area is 192 Å². The summed E-state index contributed by atoms with van der Waals surface area (Å²) in [5, 5.41) is 6.11. The third kappa shape index (κ3) is 3.47. The number of aromatic nitrogens is 3. The molecule has 0 amide bonds. The van der Waals surface area contributed by atoms with Crippen LogP contribution in [0.5, 0.6) is 0 Å². The normalized spacial score (nSPS) is 20.1. The van der Waals surface area contributed by atoms with E-state index in [4.69, 9.17) is 24.3 Å². The number of esters is 1. The van der Waals surface area contributed by atoms with Crippen LogP contribution in [0.3, 0.4) is 0 Å². The molecule has 0 unspecified atom stereocenters. The largest absolute Gasteiger partial charge is 0.464 e. The first-order valence-electron chi connectivity index (χ1n) is 11.7. The molecule has 1 spiro atoms. The van der Waals surface area contributed by atoms with Crippen LogP contribution < -0.4 is 0 Å². The van der Waals surface area contributed by atoms with E-state index in [2.05, 4.69) is 6.08 Å². The molecule has 0 atom stereocenters. The summed E-state index contributed by atoms with van der Waals surface area (Å²) in [5.41, 5.74) is 5.22. The van der Waals surface area contributed by atoms with Gasteiger partial charge in [-0.05, 0) is 48.6 Å². The van der Waals surface area contributed by atoms with Crippen LogP contribution in [-0.4, -0.2) is 46.8 Å². The Morgan fingerprint density at radius 3 is 2.61 bits per heavy atom. The van der Waals surface area contributed by atoms with Crippen molar-refractivity contribution >= 4 is 22.6 Å². The van der Waals surface area contributed by atoms with Gasteiger partial charge in [-0.1, -0.05) is 30.7 Å². The van der Waals surface area contributed by atoms with Crippen molar-refractivity contribution in [3.05, 3.63) is 59.4 Å². The first-order valence-corrected chi connectivity index (χ1v) is 11.7. The number of ether oxygens (including phenoxy) is 3. The van der Waals surface area contributed by atoms with Gasteiger partial charge in [-0.25, -0.2) is 14.5 Å². The lowest BCUT2D eigenvalue weighted by atomic mass is 9.80. The van der Waals surface area contributed by atoms with Crippen molar-refractivity contribution in [1.29, 1.82) is 0 Å². The molecule has 1 aromatic carbocycles. The average Bonchev–Trinajstić information content (AvgIpc) is 3.43. The third-order valence-corrected chi connectivity index (χ3v) is 7.15. The zero-order valence-electron chi connectivity index (χ0n) is 18.8. The number of carbonyl (C=O) groups excluding carboxylic acids is 1. The Bertz CT molecular complexity index is 1240. The molecule has 3 aliphatic rings. The molecule has 1 saturated carbocycles. The van der Waals surface area contributed by atoms with Crippen molar-refractivity contribution in [3.8, 4) is 5.69 Å². The smallest absolute Gasteiger partial charge is 0.356 e. The van der Waals surface area contributed by atoms with E-state index in [0.29, 0.717) is 36.9 Å². The predicted molar refractivity (Wildman–Crippen MR) is 123 cm³/mol. The van der Waals surface area contributed by atoms with E-state index in [-0.39, 0.29) is 0 Å². The molecule has 2 aromatic heterocycles. The average molecular weight is 446 g/mol. The van der Waals surface area contributed by atoms with E-state index >= 15 is 0 Å². The van der Waals surface area contributed by atoms with Crippen LogP contribution in [0.4, 0.5) is 0 Å². The van der Waals surface area contributed by atoms with E-state index in [1.54, 1.807) is 0 Å². The second kappa shape index (κ2) is 8.08. The van der Waals surface area contributed by atoms with Gasteiger partial charge in [-0.15, -0.1) is 0 Å². The molecule has 2 fully saturated rings. The van der Waals surface area contributed by atoms with E-state index in [0.717, 1.165) is 48.0 Å². The number of pyridine rings is 1. The van der Waals surface area contributed by atoms with Crippen LogP contribution >= 0.6 is 0 Å². The van der Waals surface area contributed by atoms with Gasteiger partial charge in [0.15, 0.2) is 17.1 Å². The summed E-state index contributed by atoms with van der Waals surface area (Å²) in [4.78, 5) is 17.3. The van der Waals surface area contributed by atoms with Crippen LogP contribution in [0.1, 0.15) is 66.2 Å². The van der Waals surface area contributed by atoms with Gasteiger partial charge >= 0.3 is 5.97 Å². The summed E-state index contributed by atoms with van der Waals surface area (Å²) in [6.07, 6.45) is 7.97. The van der Waals surface area contributed by atoms with Crippen molar-refractivity contribution in [2.24, 2.45) is 0 Å². The standard InChI is InChI=1S/C26H27N3O4/c1-31-25(30)21-16-20(17-10-12-26(13-11-17)32-14-15-33-26)22-23(18-6-5-7-18)28-29(24(22)27-21)19-8-3-2-4-9-19/h2-4,8-10,16,18H,5-7,11-15H2,1H3. The molecule has 170 valence electrons. The van der Waals surface area contributed by atoms with Gasteiger partial charge in [0, 0.05) is 18.8 Å². The summed E-state index contributed by atoms with van der Waals surface area (Å²) < 4.78 is 18.8. The fourth-order valence-electron chi connectivity index (χ4n) is 5.13. The topological polar surface area (TPSA) is 75.5 Å². The van der Waals surface area contributed by atoms with Crippen molar-refractivity contribution < 1.29 is 19.0 Å². The number of nitrogens with zero attached hydrogens (tertiary/aromatic N) is 3. The Morgan fingerprint density at radius 1 is 1.18 bits per heavy atom. The van der Waals surface area contributed by atoms with E-state index in [1.165, 1.54) is 19.1 Å². The Hall–Kier alpha value is -3.03. The van der Waals surface area contributed by atoms with Crippen LogP contribution in [0.25, 0.3) is 22.3 Å². The molecule has 0 radical (unpaired) electrons. The molecule has 7 nitrogen and oxygen atoms in total. The highest BCUT2D eigenvalue weighted by Crippen LogP contribution is 2.44. The summed E-state index contributed by atoms with van der Waals surface area (Å²) in [6.45, 7) is 1.29. The molecule has 1 aliphatic heterocycles. The SMILES string of the molecule is COC(=O)c1cc(C2=CCC3(CC2)OCCO3)c2c(C3CCC3)nn(-c3ccccc3)c2n1. The van der Waals surface area contributed by atoms with Crippen molar-refractivity contribution in [2.75, 3.05) is 20.3 Å². The second-order valence-corrected chi connectivity index (χ2v) is 9.05. The molecule has 3 aromatic rings. The van der Waals surface area contributed by atoms with E-state index < -0.39 is 11.8 Å². The highest BCUT2D eigenvalue weighted by Gasteiger charge is 2.38. The molecule has 33 heavy (non-hydrogen) atoms. The lowest BCUT2D eigenvalue weighted by Crippen LogP contribution is -2.31. The molecular weight excluding hydrogens is 418 g/mol. The number of hydrogen-bond acceptors (Lipinski definition) is 6. The molecule has 7 heteroatoms. The number of fused-ring (bicyclic) bond motifs is 1. The van der Waals surface area contributed by atoms with Gasteiger partial charge < -0.3 is 14.2 Å². The number of benzene rings is 1. The highest BCUT2D eigenvalue weighted by molar-refractivity contribution is 5.98. The molecule has 6 rings (SSSR count). The monoisotopic (exact) mass is 445 g/mol. The maximum Gasteiger partial charge on any atom is 0.356 e. The van der Waals surface area contributed by atoms with Gasteiger partial charge in [0.05, 0.1) is 37.1 Å². The maximum absolute atomic E-state index is 12.6. The number of rotatable bonds is 4. The summed E-state index contributed by atoms with van der Waals surface area (Å²) in [6, 6.07) is 11.9. The van der Waals surface area contributed by atoms with Crippen LogP contribution in [0.2, 0.25) is 0 Å². The van der Waals surface area contributed by atoms with Gasteiger partial charge in [-0.2, -0.15) is 5.10 Å². The maximum atomic E-state index is 12.6. The van der Waals surface area contributed by atoms with Crippen LogP contribution in [0, 0.1) is 0 Å². The lowest BCUT2D eigenvalue weighted by molar-refractivity contribution is -0.159. The molecular formula is C26H27N3O4. The second-order valence-electron chi connectivity index (χ2n) is 9.05. The van der Waals surface area contributed by atoms with Gasteiger partial charge in [-0.3, -0.25) is 0 Å². The first-order chi connectivity index (χ1) is 16.2. The summed E-state index contributed by atoms with van der Waals surface area (Å²) in [5.74, 6) is -0.523. The Morgan fingerprint density at radius 2 is 1.97 bits per heavy atom. The molecule has 3 heterocycles. The fraction of sp³-hybridized carbons (Fsp3) is 0.423. The van der Waals surface area contributed by atoms with Gasteiger partial charge in [0.2, 0.25) is 0 Å². The molecule has 1 saturated heterocycles. The zero-order valence-corrected chi connectivity index (χ0v) is 18.8. The molecule has 0 N–H and O–H groups in total. The molecule has 0 bridgehead atoms. The Kier molecular flexibility index (Phi) is 5.03. The predicted octanol–water partition coefficient (Wildman–Crippen LogP) is 4.79. The number of carbonyl (C=O) groups is 1. The van der Waals surface area contributed by atoms with Crippen LogP contribution in [-0.2, 0) is 14.2 Å². The Balaban J connectivity index is 1.56. The number of methoxy groups -OCH3 is 1. The van der Waals surface area contributed by atoms with Crippen molar-refractivity contribution in [3.63, 3.8) is 0 Å². The minimum absolute atomic E-state index is 0.298. The first kappa shape index (κ1) is 20.6. The number of para-hydroxylation sites is 1. The third-order valence-electron chi connectivity index (χ3n) is 7.15. The zero-order chi connectivity index (χ0) is 22.4. The number of hydrogen-bond donors (Lipinski definition) is 0. The van der Waals surface area contributed by atoms with Crippen molar-refractivity contribution in [1.82, 2.24) is 14.8 Å². The molecule has 2 aliphatic carbocycles. The highest BCUT2D eigenvalue weighted by atomic mass is 16.7. The van der Waals surface area contributed by atoms with E-state index in [9.17, 15) is 4.79 Å². The fourth-order valence-corrected chi connectivity index (χ4v) is 5.13.